The Hall–Kier alpha value is -0.560. The van der Waals surface area contributed by atoms with Gasteiger partial charge in [0.1, 0.15) is 0 Å². The second kappa shape index (κ2) is 4.03. The lowest BCUT2D eigenvalue weighted by molar-refractivity contribution is 0.0961. The maximum absolute atomic E-state index is 10.1. The third kappa shape index (κ3) is 1.86. The van der Waals surface area contributed by atoms with Crippen LogP contribution in [0.15, 0.2) is 24.3 Å². The lowest BCUT2D eigenvalue weighted by atomic mass is 9.68. The molecule has 0 radical (unpaired) electrons. The summed E-state index contributed by atoms with van der Waals surface area (Å²) in [4.78, 5) is 0. The van der Waals surface area contributed by atoms with Crippen molar-refractivity contribution in [1.82, 2.24) is 0 Å². The molecule has 1 unspecified atom stereocenters. The highest BCUT2D eigenvalue weighted by molar-refractivity contribution is 5.24. The van der Waals surface area contributed by atoms with Crippen LogP contribution in [0.3, 0.4) is 0 Å². The van der Waals surface area contributed by atoms with Crippen LogP contribution >= 0.6 is 0 Å². The first-order valence-corrected chi connectivity index (χ1v) is 6.45. The molecule has 0 aliphatic heterocycles. The van der Waals surface area contributed by atoms with Crippen LogP contribution in [-0.2, 0) is 0 Å². The summed E-state index contributed by atoms with van der Waals surface area (Å²) in [5, 5.41) is 10.1. The average molecular weight is 220 g/mol. The van der Waals surface area contributed by atoms with E-state index in [4.69, 9.17) is 0 Å². The van der Waals surface area contributed by atoms with E-state index in [1.807, 2.05) is 6.92 Å². The normalized spacial score (nSPS) is 39.1. The van der Waals surface area contributed by atoms with Gasteiger partial charge in [-0.15, -0.1) is 6.58 Å². The van der Waals surface area contributed by atoms with Gasteiger partial charge in [0.15, 0.2) is 0 Å². The molecule has 0 aromatic carbocycles. The first-order chi connectivity index (χ1) is 7.43. The van der Waals surface area contributed by atoms with Crippen molar-refractivity contribution in [2.75, 3.05) is 0 Å². The molecule has 2 bridgehead atoms. The Bertz CT molecular complexity index is 317. The fourth-order valence-corrected chi connectivity index (χ4v) is 3.87. The Morgan fingerprint density at radius 3 is 2.75 bits per heavy atom. The van der Waals surface area contributed by atoms with Crippen molar-refractivity contribution >= 4 is 0 Å². The Labute approximate surface area is 99.3 Å². The van der Waals surface area contributed by atoms with Gasteiger partial charge in [-0.25, -0.2) is 0 Å². The van der Waals surface area contributed by atoms with Crippen LogP contribution in [0, 0.1) is 17.3 Å². The molecule has 16 heavy (non-hydrogen) atoms. The maximum atomic E-state index is 10.1. The van der Waals surface area contributed by atoms with E-state index in [9.17, 15) is 5.11 Å². The standard InChI is InChI=1S/C15H24O/c1-10(2)7-14(16)9-15(4)11(3)12-5-6-13(15)8-12/h12-14,16H,1,3,5-9H2,2,4H3/t12-,13+,14?,15+/m1/s1. The van der Waals surface area contributed by atoms with Gasteiger partial charge in [0.2, 0.25) is 0 Å². The molecule has 1 heteroatoms. The highest BCUT2D eigenvalue weighted by atomic mass is 16.3. The minimum atomic E-state index is -0.237. The molecule has 1 nitrogen and oxygen atoms in total. The van der Waals surface area contributed by atoms with Crippen molar-refractivity contribution in [3.05, 3.63) is 24.3 Å². The van der Waals surface area contributed by atoms with Crippen molar-refractivity contribution < 1.29 is 5.11 Å². The number of aliphatic hydroxyl groups is 1. The fourth-order valence-electron chi connectivity index (χ4n) is 3.87. The van der Waals surface area contributed by atoms with E-state index in [0.717, 1.165) is 30.3 Å². The summed E-state index contributed by atoms with van der Waals surface area (Å²) >= 11 is 0. The molecule has 0 heterocycles. The molecular formula is C15H24O. The van der Waals surface area contributed by atoms with Gasteiger partial charge in [-0.2, -0.15) is 0 Å². The van der Waals surface area contributed by atoms with Crippen molar-refractivity contribution in [2.45, 2.75) is 52.1 Å². The van der Waals surface area contributed by atoms with Crippen molar-refractivity contribution in [2.24, 2.45) is 17.3 Å². The Morgan fingerprint density at radius 2 is 2.25 bits per heavy atom. The quantitative estimate of drug-likeness (QED) is 0.716. The molecule has 0 saturated heterocycles. The number of rotatable bonds is 4. The smallest absolute Gasteiger partial charge is 0.0585 e. The largest absolute Gasteiger partial charge is 0.393 e. The highest BCUT2D eigenvalue weighted by Gasteiger charge is 2.51. The highest BCUT2D eigenvalue weighted by Crippen LogP contribution is 2.60. The third-order valence-corrected chi connectivity index (χ3v) is 4.80. The number of fused-ring (bicyclic) bond motifs is 2. The van der Waals surface area contributed by atoms with Crippen LogP contribution in [0.25, 0.3) is 0 Å². The Morgan fingerprint density at radius 1 is 1.56 bits per heavy atom. The molecule has 2 fully saturated rings. The predicted molar refractivity (Wildman–Crippen MR) is 68.1 cm³/mol. The van der Waals surface area contributed by atoms with Crippen molar-refractivity contribution in [3.63, 3.8) is 0 Å². The number of aliphatic hydroxyl groups excluding tert-OH is 1. The fraction of sp³-hybridized carbons (Fsp3) is 0.733. The van der Waals surface area contributed by atoms with Gasteiger partial charge in [0.05, 0.1) is 6.10 Å². The molecule has 2 aliphatic rings. The second-order valence-corrected chi connectivity index (χ2v) is 6.17. The van der Waals surface area contributed by atoms with Crippen LogP contribution in [-0.4, -0.2) is 11.2 Å². The Kier molecular flexibility index (Phi) is 3.00. The first kappa shape index (κ1) is 11.9. The van der Waals surface area contributed by atoms with Gasteiger partial charge < -0.3 is 5.11 Å². The van der Waals surface area contributed by atoms with Crippen LogP contribution in [0.2, 0.25) is 0 Å². The van der Waals surface area contributed by atoms with Crippen molar-refractivity contribution in [1.29, 1.82) is 0 Å². The zero-order valence-corrected chi connectivity index (χ0v) is 10.6. The summed E-state index contributed by atoms with van der Waals surface area (Å²) < 4.78 is 0. The molecular weight excluding hydrogens is 196 g/mol. The Balaban J connectivity index is 2.03. The summed E-state index contributed by atoms with van der Waals surface area (Å²) in [6.07, 6.45) is 5.35. The molecule has 4 atom stereocenters. The van der Waals surface area contributed by atoms with E-state index < -0.39 is 0 Å². The minimum absolute atomic E-state index is 0.192. The molecule has 0 spiro atoms. The molecule has 0 aromatic heterocycles. The number of allylic oxidation sites excluding steroid dienone is 1. The summed E-state index contributed by atoms with van der Waals surface area (Å²) in [6.45, 7) is 12.5. The predicted octanol–water partition coefficient (Wildman–Crippen LogP) is 3.70. The second-order valence-electron chi connectivity index (χ2n) is 6.17. The summed E-state index contributed by atoms with van der Waals surface area (Å²) in [6, 6.07) is 0. The molecule has 2 saturated carbocycles. The molecule has 0 aromatic rings. The zero-order chi connectivity index (χ0) is 11.9. The first-order valence-electron chi connectivity index (χ1n) is 6.45. The summed E-state index contributed by atoms with van der Waals surface area (Å²) in [5.74, 6) is 1.51. The van der Waals surface area contributed by atoms with E-state index in [-0.39, 0.29) is 11.5 Å². The summed E-state index contributed by atoms with van der Waals surface area (Å²) in [5.41, 5.74) is 2.67. The molecule has 0 amide bonds. The van der Waals surface area contributed by atoms with Crippen molar-refractivity contribution in [3.8, 4) is 0 Å². The van der Waals surface area contributed by atoms with Crippen LogP contribution in [0.1, 0.15) is 46.0 Å². The van der Waals surface area contributed by atoms with Crippen LogP contribution < -0.4 is 0 Å². The third-order valence-electron chi connectivity index (χ3n) is 4.80. The van der Waals surface area contributed by atoms with E-state index in [1.54, 1.807) is 0 Å². The molecule has 1 N–H and O–H groups in total. The molecule has 2 aliphatic carbocycles. The van der Waals surface area contributed by atoms with Gasteiger partial charge >= 0.3 is 0 Å². The van der Waals surface area contributed by atoms with Gasteiger partial charge in [0, 0.05) is 0 Å². The zero-order valence-electron chi connectivity index (χ0n) is 10.6. The molecule has 2 rings (SSSR count). The summed E-state index contributed by atoms with van der Waals surface area (Å²) in [7, 11) is 0. The monoisotopic (exact) mass is 220 g/mol. The number of hydrogen-bond acceptors (Lipinski definition) is 1. The topological polar surface area (TPSA) is 20.2 Å². The lowest BCUT2D eigenvalue weighted by Crippen LogP contribution is -2.31. The van der Waals surface area contributed by atoms with Gasteiger partial charge in [-0.1, -0.05) is 24.6 Å². The minimum Gasteiger partial charge on any atom is -0.393 e. The van der Waals surface area contributed by atoms with Gasteiger partial charge in [-0.3, -0.25) is 0 Å². The van der Waals surface area contributed by atoms with Gasteiger partial charge in [-0.05, 0) is 56.3 Å². The van der Waals surface area contributed by atoms with E-state index in [0.29, 0.717) is 0 Å². The van der Waals surface area contributed by atoms with Crippen LogP contribution in [0.4, 0.5) is 0 Å². The maximum Gasteiger partial charge on any atom is 0.0585 e. The van der Waals surface area contributed by atoms with E-state index >= 15 is 0 Å². The lowest BCUT2D eigenvalue weighted by Gasteiger charge is -2.37. The van der Waals surface area contributed by atoms with Crippen LogP contribution in [0.5, 0.6) is 0 Å². The van der Waals surface area contributed by atoms with Gasteiger partial charge in [0.25, 0.3) is 0 Å². The SMILES string of the molecule is C=C(C)CC(O)C[C@@]1(C)C(=C)[C@@H]2CC[C@H]1C2. The number of hydrogen-bond donors (Lipinski definition) is 1. The van der Waals surface area contributed by atoms with E-state index in [1.165, 1.54) is 24.8 Å². The van der Waals surface area contributed by atoms with E-state index in [2.05, 4.69) is 20.1 Å². The molecule has 90 valence electrons. The average Bonchev–Trinajstić information content (AvgIpc) is 2.69.